The van der Waals surface area contributed by atoms with Crippen LogP contribution in [0.3, 0.4) is 0 Å². The topological polar surface area (TPSA) is 37.8 Å². The van der Waals surface area contributed by atoms with Crippen LogP contribution in [-0.4, -0.2) is 9.55 Å². The lowest BCUT2D eigenvalue weighted by molar-refractivity contribution is 0.502. The van der Waals surface area contributed by atoms with Crippen LogP contribution in [0, 0.1) is 18.6 Å². The van der Waals surface area contributed by atoms with E-state index >= 15 is 0 Å². The molecule has 0 unspecified atom stereocenters. The van der Waals surface area contributed by atoms with E-state index < -0.39 is 0 Å². The highest BCUT2D eigenvalue weighted by molar-refractivity contribution is 7.71. The smallest absolute Gasteiger partial charge is 0.263 e. The van der Waals surface area contributed by atoms with Crippen molar-refractivity contribution < 1.29 is 0 Å². The number of aromatic amines is 1. The Bertz CT molecular complexity index is 731. The molecular formula is C12H14N2OS2. The Hall–Kier alpha value is -0.940. The fourth-order valence-corrected chi connectivity index (χ4v) is 3.75. The van der Waals surface area contributed by atoms with Crippen LogP contribution in [0.15, 0.2) is 4.79 Å². The van der Waals surface area contributed by atoms with E-state index in [0.29, 0.717) is 4.77 Å². The van der Waals surface area contributed by atoms with Crippen LogP contribution in [0.5, 0.6) is 0 Å². The summed E-state index contributed by atoms with van der Waals surface area (Å²) in [5.41, 5.74) is 1.10. The molecule has 90 valence electrons. The van der Waals surface area contributed by atoms with Crippen LogP contribution in [0.25, 0.3) is 10.2 Å². The number of fused-ring (bicyclic) bond motifs is 1. The van der Waals surface area contributed by atoms with Gasteiger partial charge in [0.2, 0.25) is 0 Å². The molecule has 0 radical (unpaired) electrons. The molecule has 17 heavy (non-hydrogen) atoms. The lowest BCUT2D eigenvalue weighted by atomic mass is 10.2. The molecule has 2 heterocycles. The maximum absolute atomic E-state index is 12.6. The first-order chi connectivity index (χ1) is 7.94. The number of thiophene rings is 1. The number of nitrogens with one attached hydrogen (secondary N) is 1. The van der Waals surface area contributed by atoms with Crippen LogP contribution in [-0.2, 0) is 5.54 Å². The van der Waals surface area contributed by atoms with Gasteiger partial charge in [-0.3, -0.25) is 9.36 Å². The molecule has 0 bridgehead atoms. The molecule has 1 aliphatic rings. The standard InChI is InChI=1S/C12H14N2OS2/c1-6-7(2)17-9-8(6)10(15)14(11(16)13-9)12(3)4-5-12/h4-5H2,1-3H3,(H,13,16). The van der Waals surface area contributed by atoms with Crippen LogP contribution < -0.4 is 5.56 Å². The molecule has 0 aromatic carbocycles. The van der Waals surface area contributed by atoms with Gasteiger partial charge in [0.15, 0.2) is 4.77 Å². The number of rotatable bonds is 1. The van der Waals surface area contributed by atoms with E-state index in [-0.39, 0.29) is 11.1 Å². The molecule has 2 aromatic rings. The highest BCUT2D eigenvalue weighted by Gasteiger charge is 2.41. The number of aromatic nitrogens is 2. The zero-order valence-corrected chi connectivity index (χ0v) is 11.7. The summed E-state index contributed by atoms with van der Waals surface area (Å²) in [5.74, 6) is 0. The summed E-state index contributed by atoms with van der Waals surface area (Å²) >= 11 is 6.93. The van der Waals surface area contributed by atoms with Crippen LogP contribution in [0.4, 0.5) is 0 Å². The molecule has 0 atom stereocenters. The van der Waals surface area contributed by atoms with Crippen molar-refractivity contribution in [2.45, 2.75) is 39.2 Å². The Balaban J connectivity index is 2.50. The normalized spacial score (nSPS) is 17.6. The summed E-state index contributed by atoms with van der Waals surface area (Å²) in [7, 11) is 0. The fourth-order valence-electron chi connectivity index (χ4n) is 2.22. The van der Waals surface area contributed by atoms with Crippen molar-refractivity contribution in [3.63, 3.8) is 0 Å². The first kappa shape index (κ1) is 11.2. The molecular weight excluding hydrogens is 252 g/mol. The van der Waals surface area contributed by atoms with Gasteiger partial charge >= 0.3 is 0 Å². The highest BCUT2D eigenvalue weighted by atomic mass is 32.1. The van der Waals surface area contributed by atoms with E-state index in [2.05, 4.69) is 11.9 Å². The molecule has 0 spiro atoms. The largest absolute Gasteiger partial charge is 0.323 e. The van der Waals surface area contributed by atoms with E-state index in [9.17, 15) is 4.79 Å². The second kappa shape index (κ2) is 3.29. The van der Waals surface area contributed by atoms with Crippen molar-refractivity contribution in [1.82, 2.24) is 9.55 Å². The predicted molar refractivity (Wildman–Crippen MR) is 73.6 cm³/mol. The minimum atomic E-state index is -0.0544. The van der Waals surface area contributed by atoms with Gasteiger partial charge in [-0.25, -0.2) is 0 Å². The van der Waals surface area contributed by atoms with Crippen molar-refractivity contribution in [3.8, 4) is 0 Å². The number of hydrogen-bond acceptors (Lipinski definition) is 3. The van der Waals surface area contributed by atoms with Gasteiger partial charge in [-0.2, -0.15) is 0 Å². The average molecular weight is 266 g/mol. The van der Waals surface area contributed by atoms with E-state index in [1.165, 1.54) is 4.88 Å². The van der Waals surface area contributed by atoms with Gasteiger partial charge in [-0.15, -0.1) is 11.3 Å². The monoisotopic (exact) mass is 266 g/mol. The first-order valence-corrected chi connectivity index (χ1v) is 6.92. The van der Waals surface area contributed by atoms with Gasteiger partial charge in [0, 0.05) is 10.4 Å². The Morgan fingerprint density at radius 3 is 2.65 bits per heavy atom. The molecule has 0 amide bonds. The van der Waals surface area contributed by atoms with Gasteiger partial charge < -0.3 is 4.98 Å². The molecule has 1 fully saturated rings. The van der Waals surface area contributed by atoms with Gasteiger partial charge in [0.25, 0.3) is 5.56 Å². The van der Waals surface area contributed by atoms with E-state index in [0.717, 1.165) is 28.6 Å². The third-order valence-electron chi connectivity index (χ3n) is 3.74. The maximum atomic E-state index is 12.6. The van der Waals surface area contributed by atoms with Crippen molar-refractivity contribution in [2.24, 2.45) is 0 Å². The lowest BCUT2D eigenvalue weighted by Crippen LogP contribution is -2.29. The van der Waals surface area contributed by atoms with E-state index in [1.54, 1.807) is 15.9 Å². The van der Waals surface area contributed by atoms with Gasteiger partial charge in [-0.1, -0.05) is 0 Å². The zero-order valence-electron chi connectivity index (χ0n) is 10.1. The van der Waals surface area contributed by atoms with Crippen LogP contribution in [0.1, 0.15) is 30.2 Å². The number of H-pyrrole nitrogens is 1. The van der Waals surface area contributed by atoms with Crippen molar-refractivity contribution in [3.05, 3.63) is 25.6 Å². The number of aryl methyl sites for hydroxylation is 2. The molecule has 0 aliphatic heterocycles. The predicted octanol–water partition coefficient (Wildman–Crippen LogP) is 3.25. The van der Waals surface area contributed by atoms with Gasteiger partial charge in [0.05, 0.1) is 5.39 Å². The van der Waals surface area contributed by atoms with Crippen LogP contribution >= 0.6 is 23.6 Å². The molecule has 3 nitrogen and oxygen atoms in total. The Kier molecular flexibility index (Phi) is 2.16. The van der Waals surface area contributed by atoms with E-state index in [1.807, 2.05) is 13.8 Å². The summed E-state index contributed by atoms with van der Waals surface area (Å²) in [4.78, 5) is 17.9. The molecule has 1 aliphatic carbocycles. The molecule has 2 aromatic heterocycles. The lowest BCUT2D eigenvalue weighted by Gasteiger charge is -2.13. The summed E-state index contributed by atoms with van der Waals surface area (Å²) in [6.07, 6.45) is 2.08. The maximum Gasteiger partial charge on any atom is 0.263 e. The third-order valence-corrected chi connectivity index (χ3v) is 5.15. The molecule has 1 saturated carbocycles. The van der Waals surface area contributed by atoms with Crippen LogP contribution in [0.2, 0.25) is 0 Å². The SMILES string of the molecule is Cc1sc2[nH]c(=S)n(C3(C)CC3)c(=O)c2c1C. The second-order valence-corrected chi connectivity index (χ2v) is 6.67. The summed E-state index contributed by atoms with van der Waals surface area (Å²) in [6.45, 7) is 6.14. The van der Waals surface area contributed by atoms with E-state index in [4.69, 9.17) is 12.2 Å². The quantitative estimate of drug-likeness (QED) is 0.805. The van der Waals surface area contributed by atoms with Gasteiger partial charge in [-0.05, 0) is 51.4 Å². The fraction of sp³-hybridized carbons (Fsp3) is 0.500. The Morgan fingerprint density at radius 1 is 1.41 bits per heavy atom. The molecule has 1 N–H and O–H groups in total. The van der Waals surface area contributed by atoms with Gasteiger partial charge in [0.1, 0.15) is 4.83 Å². The minimum Gasteiger partial charge on any atom is -0.323 e. The summed E-state index contributed by atoms with van der Waals surface area (Å²) in [5, 5.41) is 0.814. The average Bonchev–Trinajstić information content (AvgIpc) is 2.88. The molecule has 0 saturated heterocycles. The Labute approximate surface area is 108 Å². The highest BCUT2D eigenvalue weighted by Crippen LogP contribution is 2.42. The number of nitrogens with zero attached hydrogens (tertiary/aromatic N) is 1. The zero-order chi connectivity index (χ0) is 12.4. The minimum absolute atomic E-state index is 0.0544. The van der Waals surface area contributed by atoms with Crippen molar-refractivity contribution in [1.29, 1.82) is 0 Å². The van der Waals surface area contributed by atoms with Crippen molar-refractivity contribution in [2.75, 3.05) is 0 Å². The second-order valence-electron chi connectivity index (χ2n) is 5.06. The summed E-state index contributed by atoms with van der Waals surface area (Å²) in [6, 6.07) is 0. The van der Waals surface area contributed by atoms with Crippen molar-refractivity contribution >= 4 is 33.8 Å². The molecule has 3 rings (SSSR count). The Morgan fingerprint density at radius 2 is 2.06 bits per heavy atom. The third kappa shape index (κ3) is 1.45. The molecule has 5 heteroatoms. The number of hydrogen-bond donors (Lipinski definition) is 1. The first-order valence-electron chi connectivity index (χ1n) is 5.69. The summed E-state index contributed by atoms with van der Waals surface area (Å²) < 4.78 is 2.33.